The summed E-state index contributed by atoms with van der Waals surface area (Å²) in [6.07, 6.45) is 3.97. The maximum Gasteiger partial charge on any atom is 0.254 e. The molecular formula is C27H35N3O4S. The van der Waals surface area contributed by atoms with Crippen LogP contribution in [-0.4, -0.2) is 54.6 Å². The zero-order valence-electron chi connectivity index (χ0n) is 20.7. The Morgan fingerprint density at radius 2 is 1.49 bits per heavy atom. The van der Waals surface area contributed by atoms with E-state index in [9.17, 15) is 18.0 Å². The fraction of sp³-hybridized carbons (Fsp3) is 0.481. The van der Waals surface area contributed by atoms with E-state index in [0.29, 0.717) is 37.2 Å². The lowest BCUT2D eigenvalue weighted by atomic mass is 9.95. The molecule has 2 aromatic rings. The number of benzene rings is 2. The normalized spacial score (nSPS) is 22.1. The Morgan fingerprint density at radius 3 is 2.09 bits per heavy atom. The second kappa shape index (κ2) is 10.5. The van der Waals surface area contributed by atoms with Crippen molar-refractivity contribution in [3.05, 3.63) is 59.7 Å². The first-order valence-corrected chi connectivity index (χ1v) is 13.9. The van der Waals surface area contributed by atoms with Gasteiger partial charge in [-0.15, -0.1) is 0 Å². The van der Waals surface area contributed by atoms with Crippen LogP contribution in [0.5, 0.6) is 0 Å². The highest BCUT2D eigenvalue weighted by Gasteiger charge is 2.35. The molecule has 2 aliphatic rings. The Kier molecular flexibility index (Phi) is 7.62. The summed E-state index contributed by atoms with van der Waals surface area (Å²) in [5.41, 5.74) is 2.23. The van der Waals surface area contributed by atoms with Gasteiger partial charge in [0.1, 0.15) is 0 Å². The Hall–Kier alpha value is -2.71. The van der Waals surface area contributed by atoms with Gasteiger partial charge >= 0.3 is 0 Å². The highest BCUT2D eigenvalue weighted by molar-refractivity contribution is 7.89. The standard InChI is InChI=1S/C27H35N3O4S/c1-19-7-4-5-10-25(19)27(32)29-17-15-22(16-18-29)26(31)28-23-11-13-24(14-12-23)35(33,34)30-20(2)8-6-9-21(30)3/h4-5,7,10-14,20-22H,6,8-9,15-18H2,1-3H3,(H,28,31)/t20-,21-/m0/s1. The monoisotopic (exact) mass is 497 g/mol. The summed E-state index contributed by atoms with van der Waals surface area (Å²) in [5.74, 6) is -0.271. The van der Waals surface area contributed by atoms with Crippen molar-refractivity contribution < 1.29 is 18.0 Å². The molecule has 2 heterocycles. The summed E-state index contributed by atoms with van der Waals surface area (Å²) < 4.78 is 28.0. The summed E-state index contributed by atoms with van der Waals surface area (Å²) in [7, 11) is -3.58. The predicted octanol–water partition coefficient (Wildman–Crippen LogP) is 4.44. The number of sulfonamides is 1. The molecule has 2 saturated heterocycles. The lowest BCUT2D eigenvalue weighted by molar-refractivity contribution is -0.121. The molecule has 2 atom stereocenters. The lowest BCUT2D eigenvalue weighted by Gasteiger charge is -2.37. The van der Waals surface area contributed by atoms with E-state index in [1.54, 1.807) is 28.6 Å². The van der Waals surface area contributed by atoms with Crippen molar-refractivity contribution in [1.29, 1.82) is 0 Å². The molecule has 2 aromatic carbocycles. The third-order valence-electron chi connectivity index (χ3n) is 7.34. The molecule has 8 heteroatoms. The lowest BCUT2D eigenvalue weighted by Crippen LogP contribution is -2.47. The van der Waals surface area contributed by atoms with Gasteiger partial charge in [-0.25, -0.2) is 8.42 Å². The van der Waals surface area contributed by atoms with Gasteiger partial charge in [0, 0.05) is 42.3 Å². The molecule has 2 aliphatic heterocycles. The summed E-state index contributed by atoms with van der Waals surface area (Å²) >= 11 is 0. The molecule has 1 N–H and O–H groups in total. The van der Waals surface area contributed by atoms with Gasteiger partial charge in [-0.3, -0.25) is 9.59 Å². The van der Waals surface area contributed by atoms with Gasteiger partial charge < -0.3 is 10.2 Å². The molecule has 35 heavy (non-hydrogen) atoms. The van der Waals surface area contributed by atoms with Crippen molar-refractivity contribution in [3.8, 4) is 0 Å². The van der Waals surface area contributed by atoms with Gasteiger partial charge in [0.2, 0.25) is 15.9 Å². The van der Waals surface area contributed by atoms with Crippen LogP contribution in [0.4, 0.5) is 5.69 Å². The number of carbonyl (C=O) groups is 2. The van der Waals surface area contributed by atoms with Crippen molar-refractivity contribution in [2.45, 2.75) is 69.9 Å². The maximum atomic E-state index is 13.2. The topological polar surface area (TPSA) is 86.8 Å². The van der Waals surface area contributed by atoms with Crippen LogP contribution in [0.1, 0.15) is 61.9 Å². The molecule has 2 amide bonds. The van der Waals surface area contributed by atoms with Crippen LogP contribution in [-0.2, 0) is 14.8 Å². The van der Waals surface area contributed by atoms with Gasteiger partial charge in [-0.1, -0.05) is 24.6 Å². The summed E-state index contributed by atoms with van der Waals surface area (Å²) in [6.45, 7) is 6.92. The Balaban J connectivity index is 1.34. The first-order valence-electron chi connectivity index (χ1n) is 12.5. The number of nitrogens with one attached hydrogen (secondary N) is 1. The highest BCUT2D eigenvalue weighted by Crippen LogP contribution is 2.30. The molecule has 0 radical (unpaired) electrons. The summed E-state index contributed by atoms with van der Waals surface area (Å²) in [4.78, 5) is 27.7. The Labute approximate surface area is 208 Å². The molecular weight excluding hydrogens is 462 g/mol. The van der Waals surface area contributed by atoms with E-state index in [0.717, 1.165) is 24.8 Å². The van der Waals surface area contributed by atoms with Gasteiger partial charge in [0.15, 0.2) is 0 Å². The molecule has 2 fully saturated rings. The largest absolute Gasteiger partial charge is 0.339 e. The van der Waals surface area contributed by atoms with E-state index >= 15 is 0 Å². The van der Waals surface area contributed by atoms with E-state index < -0.39 is 10.0 Å². The molecule has 188 valence electrons. The van der Waals surface area contributed by atoms with Gasteiger partial charge in [-0.2, -0.15) is 4.31 Å². The van der Waals surface area contributed by atoms with Gasteiger partial charge in [0.05, 0.1) is 4.90 Å². The molecule has 7 nitrogen and oxygen atoms in total. The Bertz CT molecular complexity index is 1160. The van der Waals surface area contributed by atoms with Crippen molar-refractivity contribution in [1.82, 2.24) is 9.21 Å². The van der Waals surface area contributed by atoms with Crippen molar-refractivity contribution >= 4 is 27.5 Å². The highest BCUT2D eigenvalue weighted by atomic mass is 32.2. The molecule has 0 bridgehead atoms. The number of carbonyl (C=O) groups excluding carboxylic acids is 2. The number of nitrogens with zero attached hydrogens (tertiary/aromatic N) is 2. The fourth-order valence-corrected chi connectivity index (χ4v) is 7.16. The minimum Gasteiger partial charge on any atom is -0.339 e. The zero-order valence-corrected chi connectivity index (χ0v) is 21.6. The number of piperidine rings is 2. The number of likely N-dealkylation sites (tertiary alicyclic amines) is 1. The van der Waals surface area contributed by atoms with Crippen LogP contribution >= 0.6 is 0 Å². The minimum absolute atomic E-state index is 0.0103. The third kappa shape index (κ3) is 5.43. The second-order valence-corrected chi connectivity index (χ2v) is 11.7. The zero-order chi connectivity index (χ0) is 25.2. The smallest absolute Gasteiger partial charge is 0.254 e. The average molecular weight is 498 g/mol. The van der Waals surface area contributed by atoms with Crippen LogP contribution < -0.4 is 5.32 Å². The number of amides is 2. The SMILES string of the molecule is Cc1ccccc1C(=O)N1CCC(C(=O)Nc2ccc(S(=O)(=O)N3[C@@H](C)CCC[C@@H]3C)cc2)CC1. The molecule has 0 saturated carbocycles. The summed E-state index contributed by atoms with van der Waals surface area (Å²) in [6, 6.07) is 14.0. The maximum absolute atomic E-state index is 13.2. The van der Waals surface area contributed by atoms with Crippen LogP contribution in [0.3, 0.4) is 0 Å². The van der Waals surface area contributed by atoms with Crippen LogP contribution in [0.2, 0.25) is 0 Å². The van der Waals surface area contributed by atoms with Gasteiger partial charge in [-0.05, 0) is 82.3 Å². The van der Waals surface area contributed by atoms with Crippen molar-refractivity contribution in [2.75, 3.05) is 18.4 Å². The minimum atomic E-state index is -3.58. The van der Waals surface area contributed by atoms with Crippen LogP contribution in [0.25, 0.3) is 0 Å². The molecule has 0 unspecified atom stereocenters. The number of aryl methyl sites for hydroxylation is 1. The summed E-state index contributed by atoms with van der Waals surface area (Å²) in [5, 5.41) is 2.92. The van der Waals surface area contributed by atoms with E-state index in [4.69, 9.17) is 0 Å². The quantitative estimate of drug-likeness (QED) is 0.662. The first kappa shape index (κ1) is 25.4. The van der Waals surface area contributed by atoms with E-state index in [2.05, 4.69) is 5.32 Å². The Morgan fingerprint density at radius 1 is 0.886 bits per heavy atom. The van der Waals surface area contributed by atoms with Crippen molar-refractivity contribution in [3.63, 3.8) is 0 Å². The second-order valence-electron chi connectivity index (χ2n) is 9.86. The number of hydrogen-bond donors (Lipinski definition) is 1. The number of hydrogen-bond acceptors (Lipinski definition) is 4. The van der Waals surface area contributed by atoms with Crippen LogP contribution in [0, 0.1) is 12.8 Å². The molecule has 0 aromatic heterocycles. The number of rotatable bonds is 5. The van der Waals surface area contributed by atoms with Crippen molar-refractivity contribution in [2.24, 2.45) is 5.92 Å². The van der Waals surface area contributed by atoms with E-state index in [1.165, 1.54) is 0 Å². The van der Waals surface area contributed by atoms with Crippen LogP contribution in [0.15, 0.2) is 53.4 Å². The van der Waals surface area contributed by atoms with E-state index in [-0.39, 0.29) is 34.7 Å². The average Bonchev–Trinajstić information content (AvgIpc) is 2.84. The molecule has 4 rings (SSSR count). The molecule has 0 spiro atoms. The number of anilines is 1. The van der Waals surface area contributed by atoms with E-state index in [1.807, 2.05) is 49.9 Å². The molecule has 0 aliphatic carbocycles. The van der Waals surface area contributed by atoms with Gasteiger partial charge in [0.25, 0.3) is 5.91 Å². The fourth-order valence-electron chi connectivity index (χ4n) is 5.28. The third-order valence-corrected chi connectivity index (χ3v) is 9.48. The predicted molar refractivity (Wildman–Crippen MR) is 137 cm³/mol. The first-order chi connectivity index (χ1) is 16.7.